The van der Waals surface area contributed by atoms with Crippen LogP contribution in [-0.4, -0.2) is 23.2 Å². The van der Waals surface area contributed by atoms with E-state index in [1.165, 1.54) is 18.4 Å². The van der Waals surface area contributed by atoms with Crippen LogP contribution in [0.4, 0.5) is 0 Å². The molecule has 0 saturated carbocycles. The predicted molar refractivity (Wildman–Crippen MR) is 83.3 cm³/mol. The Kier molecular flexibility index (Phi) is 3.36. The Bertz CT molecular complexity index is 602. The van der Waals surface area contributed by atoms with E-state index >= 15 is 0 Å². The van der Waals surface area contributed by atoms with Gasteiger partial charge in [-0.05, 0) is 42.9 Å². The third kappa shape index (κ3) is 2.79. The summed E-state index contributed by atoms with van der Waals surface area (Å²) in [4.78, 5) is 4.39. The van der Waals surface area contributed by atoms with Gasteiger partial charge < -0.3 is 10.1 Å². The van der Waals surface area contributed by atoms with Crippen LogP contribution in [0.1, 0.15) is 25.7 Å². The second-order valence-electron chi connectivity index (χ2n) is 6.10. The Hall–Kier alpha value is -1.87. The number of fused-ring (bicyclic) bond motifs is 2. The van der Waals surface area contributed by atoms with E-state index in [2.05, 4.69) is 40.6 Å². The molecule has 3 atom stereocenters. The molecule has 1 aromatic carbocycles. The molecule has 2 aliphatic rings. The smallest absolute Gasteiger partial charge is 0.214 e. The summed E-state index contributed by atoms with van der Waals surface area (Å²) in [5.74, 6) is 0.752. The minimum absolute atomic E-state index is 0.308. The maximum atomic E-state index is 6.15. The quantitative estimate of drug-likeness (QED) is 0.935. The number of nitrogens with one attached hydrogen (secondary N) is 1. The first-order valence-electron chi connectivity index (χ1n) is 7.81. The Morgan fingerprint density at radius 2 is 1.71 bits per heavy atom. The Labute approximate surface area is 125 Å². The first kappa shape index (κ1) is 12.8. The van der Waals surface area contributed by atoms with Gasteiger partial charge in [0.1, 0.15) is 6.10 Å². The van der Waals surface area contributed by atoms with Gasteiger partial charge in [-0.25, -0.2) is 4.98 Å². The molecule has 0 aliphatic carbocycles. The molecule has 2 saturated heterocycles. The standard InChI is InChI=1S/C18H20N2O/c1-2-4-13(5-3-1)14-8-9-19-18(10-14)21-17-11-15-6-7-16(12-17)20-15/h1-5,8-10,15-17,20H,6-7,11-12H2/t15-,16+,17?. The molecule has 0 amide bonds. The summed E-state index contributed by atoms with van der Waals surface area (Å²) in [7, 11) is 0. The van der Waals surface area contributed by atoms with Gasteiger partial charge in [-0.2, -0.15) is 0 Å². The first-order valence-corrected chi connectivity index (χ1v) is 7.81. The van der Waals surface area contributed by atoms with Gasteiger partial charge in [-0.15, -0.1) is 0 Å². The van der Waals surface area contributed by atoms with E-state index in [-0.39, 0.29) is 0 Å². The molecule has 1 aromatic heterocycles. The summed E-state index contributed by atoms with van der Waals surface area (Å²) < 4.78 is 6.15. The molecule has 3 heteroatoms. The topological polar surface area (TPSA) is 34.1 Å². The molecule has 1 N–H and O–H groups in total. The van der Waals surface area contributed by atoms with Crippen LogP contribution in [0, 0.1) is 0 Å². The zero-order chi connectivity index (χ0) is 14.1. The SMILES string of the molecule is c1ccc(-c2ccnc(OC3C[C@H]4CC[C@@H](C3)N4)c2)cc1. The average molecular weight is 280 g/mol. The molecular weight excluding hydrogens is 260 g/mol. The van der Waals surface area contributed by atoms with Crippen molar-refractivity contribution in [3.8, 4) is 17.0 Å². The molecular formula is C18H20N2O. The second kappa shape index (κ2) is 5.49. The summed E-state index contributed by atoms with van der Waals surface area (Å²) in [6.45, 7) is 0. The van der Waals surface area contributed by atoms with Gasteiger partial charge in [0.15, 0.2) is 0 Å². The highest BCUT2D eigenvalue weighted by atomic mass is 16.5. The third-order valence-corrected chi connectivity index (χ3v) is 4.56. The van der Waals surface area contributed by atoms with Crippen molar-refractivity contribution in [3.63, 3.8) is 0 Å². The normalized spacial score (nSPS) is 27.5. The molecule has 4 rings (SSSR count). The number of pyridine rings is 1. The summed E-state index contributed by atoms with van der Waals surface area (Å²) in [6, 6.07) is 15.8. The van der Waals surface area contributed by atoms with Crippen molar-refractivity contribution in [2.24, 2.45) is 0 Å². The number of hydrogen-bond donors (Lipinski definition) is 1. The van der Waals surface area contributed by atoms with Gasteiger partial charge in [0.05, 0.1) is 0 Å². The molecule has 3 heterocycles. The van der Waals surface area contributed by atoms with Crippen LogP contribution in [0.15, 0.2) is 48.7 Å². The molecule has 2 fully saturated rings. The third-order valence-electron chi connectivity index (χ3n) is 4.56. The molecule has 2 aliphatic heterocycles. The summed E-state index contributed by atoms with van der Waals surface area (Å²) in [6.07, 6.45) is 6.95. The van der Waals surface area contributed by atoms with E-state index in [9.17, 15) is 0 Å². The van der Waals surface area contributed by atoms with Crippen molar-refractivity contribution in [1.82, 2.24) is 10.3 Å². The van der Waals surface area contributed by atoms with Crippen molar-refractivity contribution in [1.29, 1.82) is 0 Å². The van der Waals surface area contributed by atoms with Gasteiger partial charge in [0.2, 0.25) is 5.88 Å². The second-order valence-corrected chi connectivity index (χ2v) is 6.10. The summed E-state index contributed by atoms with van der Waals surface area (Å²) in [5, 5.41) is 3.64. The highest BCUT2D eigenvalue weighted by Gasteiger charge is 2.34. The highest BCUT2D eigenvalue weighted by Crippen LogP contribution is 2.30. The minimum Gasteiger partial charge on any atom is -0.474 e. The zero-order valence-corrected chi connectivity index (χ0v) is 12.0. The van der Waals surface area contributed by atoms with Gasteiger partial charge in [-0.3, -0.25) is 0 Å². The molecule has 1 unspecified atom stereocenters. The highest BCUT2D eigenvalue weighted by molar-refractivity contribution is 5.63. The lowest BCUT2D eigenvalue weighted by molar-refractivity contribution is 0.132. The lowest BCUT2D eigenvalue weighted by atomic mass is 10.0. The van der Waals surface area contributed by atoms with Crippen LogP contribution >= 0.6 is 0 Å². The van der Waals surface area contributed by atoms with Crippen molar-refractivity contribution in [2.75, 3.05) is 0 Å². The largest absolute Gasteiger partial charge is 0.474 e. The first-order chi connectivity index (χ1) is 10.4. The number of piperidine rings is 1. The van der Waals surface area contributed by atoms with E-state index in [4.69, 9.17) is 4.74 Å². The molecule has 3 nitrogen and oxygen atoms in total. The Balaban J connectivity index is 1.51. The molecule has 0 spiro atoms. The van der Waals surface area contributed by atoms with Crippen LogP contribution in [0.3, 0.4) is 0 Å². The molecule has 108 valence electrons. The average Bonchev–Trinajstić information content (AvgIpc) is 2.87. The van der Waals surface area contributed by atoms with Crippen LogP contribution in [0.25, 0.3) is 11.1 Å². The maximum Gasteiger partial charge on any atom is 0.214 e. The monoisotopic (exact) mass is 280 g/mol. The lowest BCUT2D eigenvalue weighted by Gasteiger charge is -2.29. The minimum atomic E-state index is 0.308. The number of rotatable bonds is 3. The summed E-state index contributed by atoms with van der Waals surface area (Å²) in [5.41, 5.74) is 2.37. The van der Waals surface area contributed by atoms with E-state index < -0.39 is 0 Å². The van der Waals surface area contributed by atoms with E-state index in [0.29, 0.717) is 18.2 Å². The van der Waals surface area contributed by atoms with Crippen LogP contribution < -0.4 is 10.1 Å². The lowest BCUT2D eigenvalue weighted by Crippen LogP contribution is -2.42. The van der Waals surface area contributed by atoms with Gasteiger partial charge >= 0.3 is 0 Å². The fourth-order valence-electron chi connectivity index (χ4n) is 3.56. The van der Waals surface area contributed by atoms with Crippen molar-refractivity contribution in [3.05, 3.63) is 48.7 Å². The predicted octanol–water partition coefficient (Wildman–Crippen LogP) is 3.41. The number of hydrogen-bond acceptors (Lipinski definition) is 3. The fraction of sp³-hybridized carbons (Fsp3) is 0.389. The number of nitrogens with zero attached hydrogens (tertiary/aromatic N) is 1. The van der Waals surface area contributed by atoms with Crippen molar-refractivity contribution >= 4 is 0 Å². The van der Waals surface area contributed by atoms with Crippen LogP contribution in [-0.2, 0) is 0 Å². The Morgan fingerprint density at radius 3 is 2.48 bits per heavy atom. The van der Waals surface area contributed by atoms with Gasteiger partial charge in [-0.1, -0.05) is 30.3 Å². The van der Waals surface area contributed by atoms with Crippen LogP contribution in [0.2, 0.25) is 0 Å². The molecule has 2 aromatic rings. The number of aromatic nitrogens is 1. The van der Waals surface area contributed by atoms with Gasteiger partial charge in [0, 0.05) is 24.3 Å². The molecule has 2 bridgehead atoms. The Morgan fingerprint density at radius 1 is 0.952 bits per heavy atom. The van der Waals surface area contributed by atoms with E-state index in [1.807, 2.05) is 18.3 Å². The molecule has 21 heavy (non-hydrogen) atoms. The summed E-state index contributed by atoms with van der Waals surface area (Å²) >= 11 is 0. The molecule has 0 radical (unpaired) electrons. The van der Waals surface area contributed by atoms with E-state index in [0.717, 1.165) is 24.3 Å². The van der Waals surface area contributed by atoms with Crippen LogP contribution in [0.5, 0.6) is 5.88 Å². The zero-order valence-electron chi connectivity index (χ0n) is 12.0. The van der Waals surface area contributed by atoms with Crippen molar-refractivity contribution in [2.45, 2.75) is 43.9 Å². The van der Waals surface area contributed by atoms with E-state index in [1.54, 1.807) is 0 Å². The van der Waals surface area contributed by atoms with Gasteiger partial charge in [0.25, 0.3) is 0 Å². The maximum absolute atomic E-state index is 6.15. The number of benzene rings is 1. The van der Waals surface area contributed by atoms with Crippen molar-refractivity contribution < 1.29 is 4.74 Å². The fourth-order valence-corrected chi connectivity index (χ4v) is 3.56. The number of ether oxygens (including phenoxy) is 1.